The zero-order valence-electron chi connectivity index (χ0n) is 18.1. The smallest absolute Gasteiger partial charge is 0.408 e. The molecule has 2 aromatic rings. The van der Waals surface area contributed by atoms with Gasteiger partial charge in [0.15, 0.2) is 0 Å². The maximum Gasteiger partial charge on any atom is 0.408 e. The van der Waals surface area contributed by atoms with E-state index in [0.717, 1.165) is 35.1 Å². The Balaban J connectivity index is 1.45. The van der Waals surface area contributed by atoms with Crippen molar-refractivity contribution in [1.29, 1.82) is 0 Å². The van der Waals surface area contributed by atoms with E-state index in [0.29, 0.717) is 12.8 Å². The fraction of sp³-hybridized carbons (Fsp3) is 0.400. The van der Waals surface area contributed by atoms with E-state index in [1.54, 1.807) is 6.92 Å². The minimum absolute atomic E-state index is 0.0713. The van der Waals surface area contributed by atoms with Gasteiger partial charge < -0.3 is 20.5 Å². The molecule has 0 radical (unpaired) electrons. The van der Waals surface area contributed by atoms with E-state index in [-0.39, 0.29) is 18.9 Å². The number of hydrogen-bond donors (Lipinski definition) is 3. The van der Waals surface area contributed by atoms with Crippen molar-refractivity contribution in [3.63, 3.8) is 0 Å². The summed E-state index contributed by atoms with van der Waals surface area (Å²) in [7, 11) is 0. The monoisotopic (exact) mass is 436 g/mol. The summed E-state index contributed by atoms with van der Waals surface area (Å²) in [5, 5.41) is 14.6. The van der Waals surface area contributed by atoms with Crippen molar-refractivity contribution >= 4 is 18.0 Å². The first-order valence-electron chi connectivity index (χ1n) is 11.1. The number of amides is 2. The molecule has 1 fully saturated rings. The Morgan fingerprint density at radius 1 is 1.03 bits per heavy atom. The van der Waals surface area contributed by atoms with Gasteiger partial charge in [0.05, 0.1) is 0 Å². The van der Waals surface area contributed by atoms with E-state index < -0.39 is 29.6 Å². The second-order valence-corrected chi connectivity index (χ2v) is 8.51. The number of carboxylic acids is 1. The second kappa shape index (κ2) is 9.02. The van der Waals surface area contributed by atoms with Gasteiger partial charge in [-0.1, -0.05) is 68.3 Å². The third kappa shape index (κ3) is 4.07. The molecule has 2 aliphatic carbocycles. The average Bonchev–Trinajstić information content (AvgIpc) is 3.39. The Bertz CT molecular complexity index is 983. The number of rotatable bonds is 7. The van der Waals surface area contributed by atoms with Crippen LogP contribution in [0.3, 0.4) is 0 Å². The number of hydrogen-bond acceptors (Lipinski definition) is 4. The van der Waals surface area contributed by atoms with Gasteiger partial charge in [0, 0.05) is 5.92 Å². The van der Waals surface area contributed by atoms with Crippen molar-refractivity contribution in [2.24, 2.45) is 0 Å². The molecule has 32 heavy (non-hydrogen) atoms. The highest BCUT2D eigenvalue weighted by atomic mass is 16.5. The van der Waals surface area contributed by atoms with Crippen molar-refractivity contribution in [3.05, 3.63) is 59.7 Å². The van der Waals surface area contributed by atoms with Gasteiger partial charge in [-0.15, -0.1) is 0 Å². The van der Waals surface area contributed by atoms with Crippen molar-refractivity contribution in [2.45, 2.75) is 56.5 Å². The van der Waals surface area contributed by atoms with Crippen LogP contribution < -0.4 is 10.6 Å². The minimum atomic E-state index is -1.13. The first-order chi connectivity index (χ1) is 15.4. The molecule has 7 nitrogen and oxygen atoms in total. The topological polar surface area (TPSA) is 105 Å². The lowest BCUT2D eigenvalue weighted by molar-refractivity contribution is -0.143. The Kier molecular flexibility index (Phi) is 6.17. The summed E-state index contributed by atoms with van der Waals surface area (Å²) in [6.45, 7) is 1.85. The lowest BCUT2D eigenvalue weighted by atomic mass is 9.95. The SMILES string of the molecule is CCC(NC(=O)C1(NC(=O)OCC2c3ccccc3-c3ccccc32)CCCC1)C(=O)O. The van der Waals surface area contributed by atoms with Crippen LogP contribution >= 0.6 is 0 Å². The van der Waals surface area contributed by atoms with Crippen molar-refractivity contribution in [2.75, 3.05) is 6.61 Å². The van der Waals surface area contributed by atoms with Crippen LogP contribution in [0, 0.1) is 0 Å². The predicted octanol–water partition coefficient (Wildman–Crippen LogP) is 3.82. The molecule has 2 amide bonds. The Morgan fingerprint density at radius 2 is 1.59 bits per heavy atom. The van der Waals surface area contributed by atoms with Crippen molar-refractivity contribution < 1.29 is 24.2 Å². The van der Waals surface area contributed by atoms with Crippen LogP contribution in [0.2, 0.25) is 0 Å². The molecule has 0 spiro atoms. The number of carbonyl (C=O) groups is 3. The lowest BCUT2D eigenvalue weighted by Crippen LogP contribution is -2.59. The molecule has 1 atom stereocenters. The molecule has 3 N–H and O–H groups in total. The molecule has 0 bridgehead atoms. The van der Waals surface area contributed by atoms with Crippen LogP contribution in [-0.4, -0.2) is 41.3 Å². The highest BCUT2D eigenvalue weighted by molar-refractivity contribution is 5.93. The highest BCUT2D eigenvalue weighted by Crippen LogP contribution is 2.44. The zero-order chi connectivity index (χ0) is 22.7. The third-order valence-corrected chi connectivity index (χ3v) is 6.59. The molecule has 0 aromatic heterocycles. The number of carboxylic acid groups (broad SMARTS) is 1. The van der Waals surface area contributed by atoms with Crippen LogP contribution in [0.1, 0.15) is 56.1 Å². The van der Waals surface area contributed by atoms with Gasteiger partial charge in [0.25, 0.3) is 0 Å². The fourth-order valence-corrected chi connectivity index (χ4v) is 4.85. The molecule has 7 heteroatoms. The molecular formula is C25H28N2O5. The number of ether oxygens (including phenoxy) is 1. The molecular weight excluding hydrogens is 408 g/mol. The average molecular weight is 437 g/mol. The third-order valence-electron chi connectivity index (χ3n) is 6.59. The number of benzene rings is 2. The molecule has 2 aliphatic rings. The first kappa shape index (κ1) is 21.9. The maximum absolute atomic E-state index is 12.9. The summed E-state index contributed by atoms with van der Waals surface area (Å²) in [5.74, 6) is -1.62. The van der Waals surface area contributed by atoms with Crippen molar-refractivity contribution in [1.82, 2.24) is 10.6 Å². The molecule has 1 unspecified atom stereocenters. The van der Waals surface area contributed by atoms with E-state index >= 15 is 0 Å². The minimum Gasteiger partial charge on any atom is -0.480 e. The fourth-order valence-electron chi connectivity index (χ4n) is 4.85. The molecule has 168 valence electrons. The van der Waals surface area contributed by atoms with E-state index in [2.05, 4.69) is 22.8 Å². The number of carbonyl (C=O) groups excluding carboxylic acids is 2. The summed E-state index contributed by atoms with van der Waals surface area (Å²) < 4.78 is 5.61. The van der Waals surface area contributed by atoms with Crippen molar-refractivity contribution in [3.8, 4) is 11.1 Å². The van der Waals surface area contributed by atoms with Gasteiger partial charge in [0.1, 0.15) is 18.2 Å². The number of nitrogens with one attached hydrogen (secondary N) is 2. The van der Waals surface area contributed by atoms with Crippen LogP contribution in [0.4, 0.5) is 4.79 Å². The molecule has 1 saturated carbocycles. The van der Waals surface area contributed by atoms with Gasteiger partial charge in [-0.05, 0) is 41.5 Å². The van der Waals surface area contributed by atoms with E-state index in [4.69, 9.17) is 4.74 Å². The van der Waals surface area contributed by atoms with E-state index in [1.807, 2.05) is 36.4 Å². The summed E-state index contributed by atoms with van der Waals surface area (Å²) in [6, 6.07) is 15.2. The lowest BCUT2D eigenvalue weighted by Gasteiger charge is -2.30. The summed E-state index contributed by atoms with van der Waals surface area (Å²) >= 11 is 0. The Labute approximate surface area is 187 Å². The van der Waals surface area contributed by atoms with Crippen LogP contribution in [-0.2, 0) is 14.3 Å². The number of aliphatic carboxylic acids is 1. The second-order valence-electron chi connectivity index (χ2n) is 8.51. The predicted molar refractivity (Wildman–Crippen MR) is 119 cm³/mol. The van der Waals surface area contributed by atoms with Crippen LogP contribution in [0.5, 0.6) is 0 Å². The van der Waals surface area contributed by atoms with Gasteiger partial charge in [-0.2, -0.15) is 0 Å². The standard InChI is InChI=1S/C25H28N2O5/c1-2-21(22(28)29)26-23(30)25(13-7-8-14-25)27-24(31)32-15-20-18-11-5-3-9-16(18)17-10-4-6-12-19(17)20/h3-6,9-12,20-21H,2,7-8,13-15H2,1H3,(H,26,30)(H,27,31)(H,28,29). The summed E-state index contributed by atoms with van der Waals surface area (Å²) in [5.41, 5.74) is 3.38. The largest absolute Gasteiger partial charge is 0.480 e. The first-order valence-corrected chi connectivity index (χ1v) is 11.1. The quantitative estimate of drug-likeness (QED) is 0.612. The Morgan fingerprint density at radius 3 is 2.12 bits per heavy atom. The molecule has 0 saturated heterocycles. The molecule has 0 aliphatic heterocycles. The molecule has 0 heterocycles. The van der Waals surface area contributed by atoms with Gasteiger partial charge in [-0.3, -0.25) is 4.79 Å². The molecule has 2 aromatic carbocycles. The van der Waals surface area contributed by atoms with Gasteiger partial charge >= 0.3 is 12.1 Å². The van der Waals surface area contributed by atoms with E-state index in [9.17, 15) is 19.5 Å². The maximum atomic E-state index is 12.9. The number of alkyl carbamates (subject to hydrolysis) is 1. The van der Waals surface area contributed by atoms with Gasteiger partial charge in [0.2, 0.25) is 5.91 Å². The van der Waals surface area contributed by atoms with Crippen LogP contribution in [0.15, 0.2) is 48.5 Å². The highest BCUT2D eigenvalue weighted by Gasteiger charge is 2.44. The van der Waals surface area contributed by atoms with Crippen LogP contribution in [0.25, 0.3) is 11.1 Å². The van der Waals surface area contributed by atoms with Gasteiger partial charge in [-0.25, -0.2) is 9.59 Å². The van der Waals surface area contributed by atoms with E-state index in [1.165, 1.54) is 0 Å². The zero-order valence-corrected chi connectivity index (χ0v) is 18.1. The number of fused-ring (bicyclic) bond motifs is 3. The Hall–Kier alpha value is -3.35. The summed E-state index contributed by atoms with van der Waals surface area (Å²) in [6.07, 6.45) is 2.08. The normalized spacial score (nSPS) is 17.2. The molecule has 4 rings (SSSR count). The summed E-state index contributed by atoms with van der Waals surface area (Å²) in [4.78, 5) is 37.0.